The number of hydrogen-bond acceptors (Lipinski definition) is 3. The van der Waals surface area contributed by atoms with Gasteiger partial charge in [0.1, 0.15) is 11.8 Å². The lowest BCUT2D eigenvalue weighted by Crippen LogP contribution is -2.38. The van der Waals surface area contributed by atoms with Crippen LogP contribution in [-0.2, 0) is 11.2 Å². The molecule has 0 fully saturated rings. The zero-order valence-corrected chi connectivity index (χ0v) is 9.40. The van der Waals surface area contributed by atoms with Crippen LogP contribution in [0, 0.1) is 0 Å². The van der Waals surface area contributed by atoms with Gasteiger partial charge in [-0.1, -0.05) is 0 Å². The molecule has 1 amide bonds. The van der Waals surface area contributed by atoms with Gasteiger partial charge in [-0.05, 0) is 30.7 Å². The monoisotopic (exact) mass is 235 g/mol. The first-order valence-electron chi connectivity index (χ1n) is 5.37. The van der Waals surface area contributed by atoms with Crippen molar-refractivity contribution < 1.29 is 19.4 Å². The molecule has 90 valence electrons. The predicted octanol–water partition coefficient (Wildman–Crippen LogP) is 0.824. The summed E-state index contributed by atoms with van der Waals surface area (Å²) in [6.07, 6.45) is 0.783. The summed E-state index contributed by atoms with van der Waals surface area (Å²) < 4.78 is 5.33. The van der Waals surface area contributed by atoms with Gasteiger partial charge in [-0.25, -0.2) is 0 Å². The largest absolute Gasteiger partial charge is 0.493 e. The van der Waals surface area contributed by atoms with E-state index < -0.39 is 12.0 Å². The molecule has 0 radical (unpaired) electrons. The van der Waals surface area contributed by atoms with E-state index in [9.17, 15) is 9.59 Å². The second kappa shape index (κ2) is 4.45. The molecule has 0 saturated heterocycles. The average molecular weight is 235 g/mol. The van der Waals surface area contributed by atoms with Gasteiger partial charge >= 0.3 is 5.97 Å². The molecule has 1 heterocycles. The third-order valence-corrected chi connectivity index (χ3v) is 2.67. The maximum Gasteiger partial charge on any atom is 0.325 e. The average Bonchev–Trinajstić information content (AvgIpc) is 2.75. The number of carbonyl (C=O) groups excluding carboxylic acids is 1. The first kappa shape index (κ1) is 11.4. The third kappa shape index (κ3) is 2.38. The molecule has 0 aromatic heterocycles. The van der Waals surface area contributed by atoms with Crippen molar-refractivity contribution in [1.82, 2.24) is 5.32 Å². The van der Waals surface area contributed by atoms with Crippen molar-refractivity contribution in [2.24, 2.45) is 0 Å². The molecule has 0 aliphatic carbocycles. The van der Waals surface area contributed by atoms with Crippen molar-refractivity contribution in [1.29, 1.82) is 0 Å². The van der Waals surface area contributed by atoms with Crippen LogP contribution in [0.15, 0.2) is 18.2 Å². The molecule has 1 aliphatic rings. The number of carbonyl (C=O) groups is 2. The summed E-state index contributed by atoms with van der Waals surface area (Å²) in [5.74, 6) is -0.634. The fourth-order valence-corrected chi connectivity index (χ4v) is 1.67. The van der Waals surface area contributed by atoms with E-state index in [0.717, 1.165) is 17.7 Å². The molecule has 5 nitrogen and oxygen atoms in total. The SMILES string of the molecule is CC(NC(=O)c1ccc2c(c1)CCO2)C(=O)O. The number of nitrogens with one attached hydrogen (secondary N) is 1. The topological polar surface area (TPSA) is 75.6 Å². The molecule has 5 heteroatoms. The highest BCUT2D eigenvalue weighted by molar-refractivity contribution is 5.96. The zero-order chi connectivity index (χ0) is 12.4. The van der Waals surface area contributed by atoms with Crippen LogP contribution in [0.5, 0.6) is 5.75 Å². The Morgan fingerprint density at radius 3 is 2.94 bits per heavy atom. The van der Waals surface area contributed by atoms with E-state index in [4.69, 9.17) is 9.84 Å². The highest BCUT2D eigenvalue weighted by Crippen LogP contribution is 2.25. The number of benzene rings is 1. The number of carboxylic acid groups (broad SMARTS) is 1. The molecule has 1 aliphatic heterocycles. The molecule has 0 spiro atoms. The van der Waals surface area contributed by atoms with Crippen LogP contribution in [0.1, 0.15) is 22.8 Å². The number of fused-ring (bicyclic) bond motifs is 1. The Labute approximate surface area is 98.4 Å². The molecule has 1 aromatic carbocycles. The Kier molecular flexibility index (Phi) is 2.99. The maximum absolute atomic E-state index is 11.7. The Morgan fingerprint density at radius 2 is 2.24 bits per heavy atom. The van der Waals surface area contributed by atoms with Gasteiger partial charge in [0.25, 0.3) is 5.91 Å². The van der Waals surface area contributed by atoms with Gasteiger partial charge in [0.15, 0.2) is 0 Å². The van der Waals surface area contributed by atoms with Crippen LogP contribution >= 0.6 is 0 Å². The van der Waals surface area contributed by atoms with E-state index in [1.807, 2.05) is 0 Å². The van der Waals surface area contributed by atoms with Crippen LogP contribution in [0.3, 0.4) is 0 Å². The first-order valence-corrected chi connectivity index (χ1v) is 5.37. The summed E-state index contributed by atoms with van der Waals surface area (Å²) in [5, 5.41) is 11.1. The molecule has 1 atom stereocenters. The summed E-state index contributed by atoms with van der Waals surface area (Å²) in [6, 6.07) is 4.22. The Balaban J connectivity index is 2.12. The van der Waals surface area contributed by atoms with Crippen LogP contribution in [0.4, 0.5) is 0 Å². The standard InChI is InChI=1S/C12H13NO4/c1-7(12(15)16)13-11(14)9-2-3-10-8(6-9)4-5-17-10/h2-3,6-7H,4-5H2,1H3,(H,13,14)(H,15,16). The summed E-state index contributed by atoms with van der Waals surface area (Å²) in [4.78, 5) is 22.4. The van der Waals surface area contributed by atoms with Gasteiger partial charge in [-0.15, -0.1) is 0 Å². The van der Waals surface area contributed by atoms with Crippen molar-refractivity contribution in [3.05, 3.63) is 29.3 Å². The number of aliphatic carboxylic acids is 1. The maximum atomic E-state index is 11.7. The minimum Gasteiger partial charge on any atom is -0.493 e. The Hall–Kier alpha value is -2.04. The molecule has 0 bridgehead atoms. The Bertz CT molecular complexity index is 470. The van der Waals surface area contributed by atoms with Crippen molar-refractivity contribution >= 4 is 11.9 Å². The van der Waals surface area contributed by atoms with Gasteiger partial charge in [0.05, 0.1) is 6.61 Å². The lowest BCUT2D eigenvalue weighted by Gasteiger charge is -2.09. The summed E-state index contributed by atoms with van der Waals surface area (Å²) in [7, 11) is 0. The second-order valence-corrected chi connectivity index (χ2v) is 3.95. The summed E-state index contributed by atoms with van der Waals surface area (Å²) in [6.45, 7) is 2.06. The molecular weight excluding hydrogens is 222 g/mol. The van der Waals surface area contributed by atoms with E-state index in [1.54, 1.807) is 18.2 Å². The van der Waals surface area contributed by atoms with Crippen LogP contribution in [-0.4, -0.2) is 29.6 Å². The van der Waals surface area contributed by atoms with E-state index in [2.05, 4.69) is 5.32 Å². The molecule has 2 N–H and O–H groups in total. The van der Waals surface area contributed by atoms with E-state index in [0.29, 0.717) is 12.2 Å². The molecule has 2 rings (SSSR count). The molecule has 1 aromatic rings. The minimum absolute atomic E-state index is 0.380. The number of rotatable bonds is 3. The highest BCUT2D eigenvalue weighted by atomic mass is 16.5. The van der Waals surface area contributed by atoms with Crippen LogP contribution < -0.4 is 10.1 Å². The van der Waals surface area contributed by atoms with Crippen LogP contribution in [0.25, 0.3) is 0 Å². The van der Waals surface area contributed by atoms with E-state index >= 15 is 0 Å². The lowest BCUT2D eigenvalue weighted by atomic mass is 10.1. The van der Waals surface area contributed by atoms with Crippen molar-refractivity contribution in [2.45, 2.75) is 19.4 Å². The van der Waals surface area contributed by atoms with Gasteiger partial charge in [-0.3, -0.25) is 9.59 Å². The minimum atomic E-state index is -1.05. The molecule has 0 saturated carbocycles. The van der Waals surface area contributed by atoms with E-state index in [1.165, 1.54) is 6.92 Å². The highest BCUT2D eigenvalue weighted by Gasteiger charge is 2.18. The number of amides is 1. The summed E-state index contributed by atoms with van der Waals surface area (Å²) in [5.41, 5.74) is 1.45. The number of ether oxygens (including phenoxy) is 1. The molecular formula is C12H13NO4. The van der Waals surface area contributed by atoms with Crippen molar-refractivity contribution in [3.8, 4) is 5.75 Å². The van der Waals surface area contributed by atoms with Gasteiger partial charge in [0.2, 0.25) is 0 Å². The second-order valence-electron chi connectivity index (χ2n) is 3.95. The van der Waals surface area contributed by atoms with Gasteiger partial charge < -0.3 is 15.2 Å². The zero-order valence-electron chi connectivity index (χ0n) is 9.40. The van der Waals surface area contributed by atoms with Crippen LogP contribution in [0.2, 0.25) is 0 Å². The smallest absolute Gasteiger partial charge is 0.325 e. The molecule has 17 heavy (non-hydrogen) atoms. The Morgan fingerprint density at radius 1 is 1.47 bits per heavy atom. The summed E-state index contributed by atoms with van der Waals surface area (Å²) >= 11 is 0. The normalized spacial score (nSPS) is 14.6. The van der Waals surface area contributed by atoms with Crippen molar-refractivity contribution in [3.63, 3.8) is 0 Å². The first-order chi connectivity index (χ1) is 8.08. The number of carboxylic acids is 1. The fraction of sp³-hybridized carbons (Fsp3) is 0.333. The number of hydrogen-bond donors (Lipinski definition) is 2. The fourth-order valence-electron chi connectivity index (χ4n) is 1.67. The van der Waals surface area contributed by atoms with E-state index in [-0.39, 0.29) is 5.91 Å². The van der Waals surface area contributed by atoms with Gasteiger partial charge in [-0.2, -0.15) is 0 Å². The molecule has 1 unspecified atom stereocenters. The van der Waals surface area contributed by atoms with Gasteiger partial charge in [0, 0.05) is 12.0 Å². The third-order valence-electron chi connectivity index (χ3n) is 2.67. The predicted molar refractivity (Wildman–Crippen MR) is 60.2 cm³/mol. The quantitative estimate of drug-likeness (QED) is 0.813. The lowest BCUT2D eigenvalue weighted by molar-refractivity contribution is -0.138. The van der Waals surface area contributed by atoms with Crippen molar-refractivity contribution in [2.75, 3.05) is 6.61 Å².